The van der Waals surface area contributed by atoms with Gasteiger partial charge in [-0.1, -0.05) is 0 Å². The summed E-state index contributed by atoms with van der Waals surface area (Å²) >= 11 is 0. The summed E-state index contributed by atoms with van der Waals surface area (Å²) in [6, 6.07) is 0. The Hall–Kier alpha value is -2.22. The molecule has 0 heterocycles. The van der Waals surface area contributed by atoms with E-state index in [4.69, 9.17) is 5.11 Å². The monoisotopic (exact) mass is 546 g/mol. The van der Waals surface area contributed by atoms with Crippen LogP contribution in [0.25, 0.3) is 0 Å². The average Bonchev–Trinajstić information content (AvgIpc) is 2.68. The standard InChI is InChI=1S/C13H10F16N2O3/c14-4(15)8(18,19)12(26,27)10(22,23)6(33)30-1-3(32)2-31-7(34)11(24,25)13(28,29)9(20,21)5(16)17/h3-5,32H,1-2H2,(H,30,33)(H,31,34). The van der Waals surface area contributed by atoms with E-state index in [-0.39, 0.29) is 0 Å². The Morgan fingerprint density at radius 3 is 1.03 bits per heavy atom. The molecule has 0 unspecified atom stereocenters. The van der Waals surface area contributed by atoms with Gasteiger partial charge in [-0.25, -0.2) is 17.6 Å². The molecule has 0 spiro atoms. The Labute approximate surface area is 176 Å². The van der Waals surface area contributed by atoms with Crippen molar-refractivity contribution in [3.05, 3.63) is 0 Å². The van der Waals surface area contributed by atoms with E-state index in [1.54, 1.807) is 0 Å². The summed E-state index contributed by atoms with van der Waals surface area (Å²) in [6.45, 7) is -3.69. The molecule has 34 heavy (non-hydrogen) atoms. The van der Waals surface area contributed by atoms with Crippen LogP contribution in [0.2, 0.25) is 0 Å². The van der Waals surface area contributed by atoms with Crippen molar-refractivity contribution in [3.8, 4) is 0 Å². The fourth-order valence-corrected chi connectivity index (χ4v) is 1.69. The Morgan fingerprint density at radius 1 is 0.588 bits per heavy atom. The number of hydrogen-bond acceptors (Lipinski definition) is 3. The molecule has 0 radical (unpaired) electrons. The molecule has 0 aliphatic carbocycles. The maximum atomic E-state index is 13.2. The first-order chi connectivity index (χ1) is 14.8. The van der Waals surface area contributed by atoms with Crippen molar-refractivity contribution in [3.63, 3.8) is 0 Å². The van der Waals surface area contributed by atoms with Crippen LogP contribution < -0.4 is 10.6 Å². The maximum Gasteiger partial charge on any atom is 0.392 e. The molecule has 0 aliphatic heterocycles. The van der Waals surface area contributed by atoms with E-state index < -0.39 is 79.4 Å². The van der Waals surface area contributed by atoms with Gasteiger partial charge in [-0.3, -0.25) is 9.59 Å². The second kappa shape index (κ2) is 9.80. The van der Waals surface area contributed by atoms with Gasteiger partial charge >= 0.3 is 48.4 Å². The minimum atomic E-state index is -7.01. The van der Waals surface area contributed by atoms with Gasteiger partial charge in [-0.15, -0.1) is 0 Å². The van der Waals surface area contributed by atoms with Crippen LogP contribution >= 0.6 is 0 Å². The lowest BCUT2D eigenvalue weighted by molar-refractivity contribution is -0.328. The molecule has 0 saturated heterocycles. The highest BCUT2D eigenvalue weighted by atomic mass is 19.4. The normalized spacial score (nSPS) is 14.7. The summed E-state index contributed by atoms with van der Waals surface area (Å²) in [6.07, 6.45) is -13.5. The number of carbonyl (C=O) groups excluding carboxylic acids is 2. The van der Waals surface area contributed by atoms with E-state index in [1.165, 1.54) is 0 Å². The Kier molecular flexibility index (Phi) is 9.16. The van der Waals surface area contributed by atoms with E-state index in [0.717, 1.165) is 0 Å². The highest BCUT2D eigenvalue weighted by Gasteiger charge is 2.79. The highest BCUT2D eigenvalue weighted by Crippen LogP contribution is 2.49. The first-order valence-electron chi connectivity index (χ1n) is 7.91. The molecule has 21 heteroatoms. The van der Waals surface area contributed by atoms with Crippen molar-refractivity contribution in [2.75, 3.05) is 13.1 Å². The van der Waals surface area contributed by atoms with Crippen molar-refractivity contribution in [2.45, 2.75) is 54.5 Å². The number of aliphatic hydroxyl groups excluding tert-OH is 1. The van der Waals surface area contributed by atoms with Crippen LogP contribution in [0.15, 0.2) is 0 Å². The van der Waals surface area contributed by atoms with Gasteiger partial charge in [0.25, 0.3) is 11.8 Å². The first-order valence-corrected chi connectivity index (χ1v) is 7.91. The first kappa shape index (κ1) is 31.8. The van der Waals surface area contributed by atoms with Gasteiger partial charge in [-0.2, -0.15) is 52.7 Å². The van der Waals surface area contributed by atoms with Gasteiger partial charge < -0.3 is 15.7 Å². The lowest BCUT2D eigenvalue weighted by Gasteiger charge is -2.31. The molecule has 0 aliphatic rings. The zero-order valence-corrected chi connectivity index (χ0v) is 15.5. The number of amides is 2. The van der Waals surface area contributed by atoms with Crippen molar-refractivity contribution in [2.24, 2.45) is 0 Å². The van der Waals surface area contributed by atoms with Crippen LogP contribution in [0.1, 0.15) is 0 Å². The number of nitrogens with one attached hydrogen (secondary N) is 2. The molecule has 3 N–H and O–H groups in total. The molecular formula is C13H10F16N2O3. The molecule has 0 rings (SSSR count). The van der Waals surface area contributed by atoms with E-state index in [9.17, 15) is 79.8 Å². The highest BCUT2D eigenvalue weighted by molar-refractivity contribution is 5.85. The minimum Gasteiger partial charge on any atom is -0.389 e. The summed E-state index contributed by atoms with van der Waals surface area (Å²) in [7, 11) is 0. The van der Waals surface area contributed by atoms with Gasteiger partial charge in [0.15, 0.2) is 0 Å². The van der Waals surface area contributed by atoms with Crippen LogP contribution in [0.3, 0.4) is 0 Å². The Balaban J connectivity index is 5.21. The summed E-state index contributed by atoms with van der Waals surface area (Å²) in [5, 5.41) is 10.3. The quantitative estimate of drug-likeness (QED) is 0.330. The fraction of sp³-hybridized carbons (Fsp3) is 0.846. The molecule has 202 valence electrons. The van der Waals surface area contributed by atoms with Crippen molar-refractivity contribution < 1.29 is 84.9 Å². The van der Waals surface area contributed by atoms with Crippen molar-refractivity contribution >= 4 is 11.8 Å². The zero-order valence-electron chi connectivity index (χ0n) is 15.5. The van der Waals surface area contributed by atoms with Crippen molar-refractivity contribution in [1.82, 2.24) is 10.6 Å². The van der Waals surface area contributed by atoms with Crippen LogP contribution in [0, 0.1) is 0 Å². The molecular weight excluding hydrogens is 536 g/mol. The number of rotatable bonds is 12. The smallest absolute Gasteiger partial charge is 0.389 e. The second-order valence-corrected chi connectivity index (χ2v) is 6.22. The minimum absolute atomic E-state index is 0.568. The van der Waals surface area contributed by atoms with Crippen LogP contribution in [-0.4, -0.2) is 84.5 Å². The zero-order chi connectivity index (χ0) is 27.7. The van der Waals surface area contributed by atoms with Crippen LogP contribution in [0.5, 0.6) is 0 Å². The molecule has 0 aromatic heterocycles. The number of alkyl halides is 16. The SMILES string of the molecule is O=C(NCC(O)CNC(=O)C(F)(F)C(F)(F)C(F)(F)C(F)F)C(F)(F)C(F)(F)C(F)(F)C(F)F. The summed E-state index contributed by atoms with van der Waals surface area (Å²) < 4.78 is 203. The van der Waals surface area contributed by atoms with E-state index in [2.05, 4.69) is 0 Å². The number of carbonyl (C=O) groups is 2. The second-order valence-electron chi connectivity index (χ2n) is 6.22. The largest absolute Gasteiger partial charge is 0.392 e. The predicted octanol–water partition coefficient (Wildman–Crippen LogP) is 2.92. The average molecular weight is 546 g/mol. The molecule has 0 aromatic carbocycles. The molecule has 0 aromatic rings. The Morgan fingerprint density at radius 2 is 0.824 bits per heavy atom. The summed E-state index contributed by atoms with van der Waals surface area (Å²) in [5.41, 5.74) is 0. The molecule has 5 nitrogen and oxygen atoms in total. The van der Waals surface area contributed by atoms with E-state index in [1.807, 2.05) is 0 Å². The third-order valence-electron chi connectivity index (χ3n) is 3.74. The third-order valence-corrected chi connectivity index (χ3v) is 3.74. The third kappa shape index (κ3) is 5.37. The predicted molar refractivity (Wildman–Crippen MR) is 73.7 cm³/mol. The van der Waals surface area contributed by atoms with Gasteiger partial charge in [0.05, 0.1) is 6.10 Å². The van der Waals surface area contributed by atoms with Crippen LogP contribution in [-0.2, 0) is 9.59 Å². The van der Waals surface area contributed by atoms with E-state index in [0.29, 0.717) is 10.6 Å². The summed E-state index contributed by atoms with van der Waals surface area (Å²) in [4.78, 5) is 22.0. The van der Waals surface area contributed by atoms with Crippen molar-refractivity contribution in [1.29, 1.82) is 0 Å². The molecule has 2 amide bonds. The molecule has 0 bridgehead atoms. The lowest BCUT2D eigenvalue weighted by atomic mass is 10.0. The molecule has 0 saturated carbocycles. The van der Waals surface area contributed by atoms with Gasteiger partial charge in [-0.05, 0) is 0 Å². The molecule has 0 atom stereocenters. The van der Waals surface area contributed by atoms with Gasteiger partial charge in [0, 0.05) is 13.1 Å². The lowest BCUT2D eigenvalue weighted by Crippen LogP contribution is -2.64. The number of hydrogen-bond donors (Lipinski definition) is 3. The van der Waals surface area contributed by atoms with Gasteiger partial charge in [0.1, 0.15) is 0 Å². The fourth-order valence-electron chi connectivity index (χ4n) is 1.69. The van der Waals surface area contributed by atoms with Crippen LogP contribution in [0.4, 0.5) is 70.2 Å². The Bertz CT molecular complexity index is 682. The number of aliphatic hydroxyl groups is 1. The van der Waals surface area contributed by atoms with Gasteiger partial charge in [0.2, 0.25) is 0 Å². The molecule has 0 fully saturated rings. The van der Waals surface area contributed by atoms with E-state index >= 15 is 0 Å². The topological polar surface area (TPSA) is 78.4 Å². The maximum absolute atomic E-state index is 13.2. The number of halogens is 16. The summed E-state index contributed by atoms with van der Waals surface area (Å²) in [5.74, 6) is -47.6.